The number of nitro benzene ring substituents is 1. The zero-order chi connectivity index (χ0) is 20.0. The van der Waals surface area contributed by atoms with Gasteiger partial charge in [0, 0.05) is 29.4 Å². The first-order valence-electron chi connectivity index (χ1n) is 8.40. The second-order valence-electron chi connectivity index (χ2n) is 5.99. The summed E-state index contributed by atoms with van der Waals surface area (Å²) in [4.78, 5) is 22.8. The molecule has 0 saturated carbocycles. The van der Waals surface area contributed by atoms with Gasteiger partial charge in [-0.2, -0.15) is 0 Å². The smallest absolute Gasteiger partial charge is 0.272 e. The van der Waals surface area contributed by atoms with Crippen molar-refractivity contribution in [2.45, 2.75) is 31.6 Å². The number of nitro groups is 1. The number of anilines is 1. The Balaban J connectivity index is 2.17. The summed E-state index contributed by atoms with van der Waals surface area (Å²) in [6.07, 6.45) is 1.60. The quantitative estimate of drug-likeness (QED) is 0.407. The summed E-state index contributed by atoms with van der Waals surface area (Å²) < 4.78 is 27.1. The van der Waals surface area contributed by atoms with E-state index in [0.717, 1.165) is 12.8 Å². The zero-order valence-electron chi connectivity index (χ0n) is 15.1. The molecule has 0 fully saturated rings. The fourth-order valence-corrected chi connectivity index (χ4v) is 3.53. The highest BCUT2D eigenvalue weighted by Gasteiger charge is 2.16. The molecule has 0 heterocycles. The number of aryl methyl sites for hydroxylation is 1. The van der Waals surface area contributed by atoms with E-state index in [1.54, 1.807) is 13.0 Å². The maximum atomic E-state index is 12.4. The van der Waals surface area contributed by atoms with Gasteiger partial charge in [-0.25, -0.2) is 13.1 Å². The van der Waals surface area contributed by atoms with Crippen LogP contribution in [0.3, 0.4) is 0 Å². The number of amides is 1. The minimum atomic E-state index is -3.65. The van der Waals surface area contributed by atoms with Crippen LogP contribution in [0.5, 0.6) is 0 Å². The molecule has 8 nitrogen and oxygen atoms in total. The van der Waals surface area contributed by atoms with Crippen LogP contribution in [0, 0.1) is 17.0 Å². The monoisotopic (exact) mass is 391 g/mol. The van der Waals surface area contributed by atoms with E-state index in [0.29, 0.717) is 17.8 Å². The SMILES string of the molecule is CCCCNS(=O)(=O)c1cccc(NC(=O)c2ccc([N+](=O)[O-])c(C)c2)c1. The van der Waals surface area contributed by atoms with E-state index in [4.69, 9.17) is 0 Å². The molecule has 2 aromatic rings. The van der Waals surface area contributed by atoms with Gasteiger partial charge in [0.05, 0.1) is 9.82 Å². The maximum absolute atomic E-state index is 12.4. The summed E-state index contributed by atoms with van der Waals surface area (Å²) >= 11 is 0. The van der Waals surface area contributed by atoms with Gasteiger partial charge in [0.15, 0.2) is 0 Å². The Morgan fingerprint density at radius 1 is 1.19 bits per heavy atom. The normalized spacial score (nSPS) is 11.2. The fourth-order valence-electron chi connectivity index (χ4n) is 2.41. The molecule has 0 bridgehead atoms. The Hall–Kier alpha value is -2.78. The second-order valence-corrected chi connectivity index (χ2v) is 7.76. The van der Waals surface area contributed by atoms with Gasteiger partial charge < -0.3 is 5.32 Å². The molecule has 2 N–H and O–H groups in total. The van der Waals surface area contributed by atoms with E-state index >= 15 is 0 Å². The summed E-state index contributed by atoms with van der Waals surface area (Å²) in [6.45, 7) is 3.85. The topological polar surface area (TPSA) is 118 Å². The van der Waals surface area contributed by atoms with E-state index < -0.39 is 20.9 Å². The lowest BCUT2D eigenvalue weighted by atomic mass is 10.1. The number of carbonyl (C=O) groups is 1. The molecule has 2 rings (SSSR count). The largest absolute Gasteiger partial charge is 0.322 e. The predicted molar refractivity (Wildman–Crippen MR) is 102 cm³/mol. The van der Waals surface area contributed by atoms with Crippen molar-refractivity contribution >= 4 is 27.3 Å². The van der Waals surface area contributed by atoms with E-state index in [-0.39, 0.29) is 16.1 Å². The lowest BCUT2D eigenvalue weighted by Crippen LogP contribution is -2.24. The average molecular weight is 391 g/mol. The van der Waals surface area contributed by atoms with Crippen LogP contribution in [-0.2, 0) is 10.0 Å². The minimum Gasteiger partial charge on any atom is -0.322 e. The number of hydrogen-bond acceptors (Lipinski definition) is 5. The Morgan fingerprint density at radius 3 is 2.56 bits per heavy atom. The molecular weight excluding hydrogens is 370 g/mol. The van der Waals surface area contributed by atoms with Gasteiger partial charge in [0.25, 0.3) is 11.6 Å². The van der Waals surface area contributed by atoms with Gasteiger partial charge in [-0.3, -0.25) is 14.9 Å². The van der Waals surface area contributed by atoms with Crippen molar-refractivity contribution in [2.24, 2.45) is 0 Å². The molecule has 9 heteroatoms. The molecule has 0 aliphatic carbocycles. The van der Waals surface area contributed by atoms with Crippen molar-refractivity contribution in [1.82, 2.24) is 4.72 Å². The summed E-state index contributed by atoms with van der Waals surface area (Å²) in [5.41, 5.74) is 0.851. The number of unbranched alkanes of at least 4 members (excludes halogenated alkanes) is 1. The van der Waals surface area contributed by atoms with Crippen LogP contribution >= 0.6 is 0 Å². The number of nitrogens with zero attached hydrogens (tertiary/aromatic N) is 1. The number of sulfonamides is 1. The highest BCUT2D eigenvalue weighted by atomic mass is 32.2. The van der Waals surface area contributed by atoms with Crippen molar-refractivity contribution in [3.05, 3.63) is 63.7 Å². The molecular formula is C18H21N3O5S. The molecule has 0 spiro atoms. The van der Waals surface area contributed by atoms with Crippen molar-refractivity contribution in [3.8, 4) is 0 Å². The van der Waals surface area contributed by atoms with Gasteiger partial charge >= 0.3 is 0 Å². The van der Waals surface area contributed by atoms with Gasteiger partial charge in [-0.15, -0.1) is 0 Å². The number of carbonyl (C=O) groups excluding carboxylic acids is 1. The van der Waals surface area contributed by atoms with Crippen molar-refractivity contribution in [3.63, 3.8) is 0 Å². The van der Waals surface area contributed by atoms with Gasteiger partial charge in [0.1, 0.15) is 0 Å². The summed E-state index contributed by atoms with van der Waals surface area (Å²) in [7, 11) is -3.65. The molecule has 0 unspecified atom stereocenters. The third kappa shape index (κ3) is 5.35. The van der Waals surface area contributed by atoms with E-state index in [2.05, 4.69) is 10.0 Å². The van der Waals surface area contributed by atoms with Crippen LogP contribution < -0.4 is 10.0 Å². The second kappa shape index (κ2) is 8.74. The Bertz CT molecular complexity index is 957. The van der Waals surface area contributed by atoms with Crippen LogP contribution in [0.25, 0.3) is 0 Å². The molecule has 0 radical (unpaired) electrons. The number of rotatable bonds is 8. The van der Waals surface area contributed by atoms with Gasteiger partial charge in [-0.05, 0) is 43.7 Å². The van der Waals surface area contributed by atoms with E-state index in [1.807, 2.05) is 6.92 Å². The molecule has 0 aromatic heterocycles. The van der Waals surface area contributed by atoms with Crippen molar-refractivity contribution in [2.75, 3.05) is 11.9 Å². The maximum Gasteiger partial charge on any atom is 0.272 e. The highest BCUT2D eigenvalue weighted by molar-refractivity contribution is 7.89. The summed E-state index contributed by atoms with van der Waals surface area (Å²) in [6, 6.07) is 9.95. The van der Waals surface area contributed by atoms with Gasteiger partial charge in [0.2, 0.25) is 10.0 Å². The van der Waals surface area contributed by atoms with E-state index in [9.17, 15) is 23.3 Å². The third-order valence-corrected chi connectivity index (χ3v) is 5.34. The van der Waals surface area contributed by atoms with Crippen LogP contribution in [0.4, 0.5) is 11.4 Å². The summed E-state index contributed by atoms with van der Waals surface area (Å²) in [5, 5.41) is 13.5. The Kier molecular flexibility index (Phi) is 6.65. The number of nitrogens with one attached hydrogen (secondary N) is 2. The molecule has 0 saturated heterocycles. The van der Waals surface area contributed by atoms with Crippen LogP contribution in [0.1, 0.15) is 35.7 Å². The number of hydrogen-bond donors (Lipinski definition) is 2. The highest BCUT2D eigenvalue weighted by Crippen LogP contribution is 2.20. The third-order valence-electron chi connectivity index (χ3n) is 3.88. The van der Waals surface area contributed by atoms with Crippen molar-refractivity contribution < 1.29 is 18.1 Å². The Labute approximate surface area is 157 Å². The molecule has 0 aliphatic heterocycles. The first kappa shape index (κ1) is 20.5. The Morgan fingerprint density at radius 2 is 1.93 bits per heavy atom. The fraction of sp³-hybridized carbons (Fsp3) is 0.278. The first-order chi connectivity index (χ1) is 12.7. The van der Waals surface area contributed by atoms with Crippen LogP contribution in [0.15, 0.2) is 47.4 Å². The molecule has 1 amide bonds. The first-order valence-corrected chi connectivity index (χ1v) is 9.89. The average Bonchev–Trinajstić information content (AvgIpc) is 2.61. The molecule has 27 heavy (non-hydrogen) atoms. The van der Waals surface area contributed by atoms with Crippen molar-refractivity contribution in [1.29, 1.82) is 0 Å². The lowest BCUT2D eigenvalue weighted by molar-refractivity contribution is -0.385. The molecule has 144 valence electrons. The molecule has 2 aromatic carbocycles. The lowest BCUT2D eigenvalue weighted by Gasteiger charge is -2.10. The summed E-state index contributed by atoms with van der Waals surface area (Å²) in [5.74, 6) is -0.485. The minimum absolute atomic E-state index is 0.0521. The molecule has 0 aliphatic rings. The standard InChI is InChI=1S/C18H21N3O5S/c1-3-4-10-19-27(25,26)16-7-5-6-15(12-16)20-18(22)14-8-9-17(21(23)24)13(2)11-14/h5-9,11-12,19H,3-4,10H2,1-2H3,(H,20,22). The molecule has 0 atom stereocenters. The predicted octanol–water partition coefficient (Wildman–Crippen LogP) is 3.23. The van der Waals surface area contributed by atoms with Gasteiger partial charge in [-0.1, -0.05) is 19.4 Å². The van der Waals surface area contributed by atoms with Crippen LogP contribution in [-0.4, -0.2) is 25.8 Å². The number of benzene rings is 2. The van der Waals surface area contributed by atoms with E-state index in [1.165, 1.54) is 36.4 Å². The zero-order valence-corrected chi connectivity index (χ0v) is 15.9. The van der Waals surface area contributed by atoms with Crippen LogP contribution in [0.2, 0.25) is 0 Å².